The predicted molar refractivity (Wildman–Crippen MR) is 81.5 cm³/mol. The highest BCUT2D eigenvalue weighted by Crippen LogP contribution is 2.26. The van der Waals surface area contributed by atoms with Crippen molar-refractivity contribution in [3.8, 4) is 11.5 Å². The Morgan fingerprint density at radius 1 is 1.38 bits per heavy atom. The SMILES string of the molecule is Clc1cnc(-c2noc(CCC3CCCNC3)n2)c(Cl)c1. The minimum atomic E-state index is 0.411. The summed E-state index contributed by atoms with van der Waals surface area (Å²) in [5.41, 5.74) is 0.496. The van der Waals surface area contributed by atoms with E-state index >= 15 is 0 Å². The summed E-state index contributed by atoms with van der Waals surface area (Å²) >= 11 is 11.9. The summed E-state index contributed by atoms with van der Waals surface area (Å²) in [4.78, 5) is 8.52. The number of aromatic nitrogens is 3. The van der Waals surface area contributed by atoms with Crippen LogP contribution in [0.5, 0.6) is 0 Å². The van der Waals surface area contributed by atoms with E-state index in [0.717, 1.165) is 25.9 Å². The molecule has 3 heterocycles. The summed E-state index contributed by atoms with van der Waals surface area (Å²) in [6, 6.07) is 1.62. The fourth-order valence-electron chi connectivity index (χ4n) is 2.53. The van der Waals surface area contributed by atoms with Gasteiger partial charge in [-0.15, -0.1) is 0 Å². The Bertz CT molecular complexity index is 611. The Morgan fingerprint density at radius 2 is 2.29 bits per heavy atom. The van der Waals surface area contributed by atoms with Crippen molar-refractivity contribution in [3.63, 3.8) is 0 Å². The van der Waals surface area contributed by atoms with Gasteiger partial charge in [-0.2, -0.15) is 4.98 Å². The molecule has 1 fully saturated rings. The van der Waals surface area contributed by atoms with Crippen molar-refractivity contribution in [1.29, 1.82) is 0 Å². The Balaban J connectivity index is 1.65. The quantitative estimate of drug-likeness (QED) is 0.933. The fourth-order valence-corrected chi connectivity index (χ4v) is 2.99. The number of halogens is 2. The lowest BCUT2D eigenvalue weighted by Gasteiger charge is -2.21. The molecule has 21 heavy (non-hydrogen) atoms. The van der Waals surface area contributed by atoms with Gasteiger partial charge in [0.15, 0.2) is 0 Å². The predicted octanol–water partition coefficient (Wildman–Crippen LogP) is 3.37. The monoisotopic (exact) mass is 326 g/mol. The molecule has 0 amide bonds. The van der Waals surface area contributed by atoms with Crippen molar-refractivity contribution in [2.45, 2.75) is 25.7 Å². The molecule has 1 atom stereocenters. The molecular weight excluding hydrogens is 311 g/mol. The summed E-state index contributed by atoms with van der Waals surface area (Å²) < 4.78 is 5.28. The first-order chi connectivity index (χ1) is 10.2. The Hall–Kier alpha value is -1.17. The molecule has 1 N–H and O–H groups in total. The van der Waals surface area contributed by atoms with Gasteiger partial charge in [-0.25, -0.2) is 4.98 Å². The number of nitrogens with one attached hydrogen (secondary N) is 1. The number of hydrogen-bond donors (Lipinski definition) is 1. The molecule has 0 aromatic carbocycles. The molecule has 1 unspecified atom stereocenters. The van der Waals surface area contributed by atoms with Gasteiger partial charge in [-0.3, -0.25) is 0 Å². The van der Waals surface area contributed by atoms with Gasteiger partial charge in [-0.05, 0) is 44.3 Å². The number of piperidine rings is 1. The summed E-state index contributed by atoms with van der Waals surface area (Å²) in [5, 5.41) is 8.26. The Morgan fingerprint density at radius 3 is 3.05 bits per heavy atom. The first kappa shape index (κ1) is 14.8. The topological polar surface area (TPSA) is 63.8 Å². The molecule has 0 radical (unpaired) electrons. The average molecular weight is 327 g/mol. The zero-order chi connectivity index (χ0) is 14.7. The third kappa shape index (κ3) is 3.73. The number of aryl methyl sites for hydroxylation is 1. The third-order valence-corrected chi connectivity index (χ3v) is 4.15. The van der Waals surface area contributed by atoms with Gasteiger partial charge in [0.2, 0.25) is 11.7 Å². The van der Waals surface area contributed by atoms with Gasteiger partial charge in [0.25, 0.3) is 0 Å². The van der Waals surface area contributed by atoms with Crippen molar-refractivity contribution in [2.24, 2.45) is 5.92 Å². The van der Waals surface area contributed by atoms with Gasteiger partial charge < -0.3 is 9.84 Å². The zero-order valence-corrected chi connectivity index (χ0v) is 13.0. The van der Waals surface area contributed by atoms with Crippen LogP contribution in [-0.2, 0) is 6.42 Å². The van der Waals surface area contributed by atoms with Gasteiger partial charge in [0.1, 0.15) is 5.69 Å². The Labute approximate surface area is 133 Å². The van der Waals surface area contributed by atoms with Crippen LogP contribution in [0.4, 0.5) is 0 Å². The van der Waals surface area contributed by atoms with E-state index in [1.807, 2.05) is 0 Å². The summed E-state index contributed by atoms with van der Waals surface area (Å²) in [6.07, 6.45) is 5.86. The van der Waals surface area contributed by atoms with E-state index in [4.69, 9.17) is 27.7 Å². The van der Waals surface area contributed by atoms with E-state index in [0.29, 0.717) is 33.4 Å². The molecule has 3 rings (SSSR count). The van der Waals surface area contributed by atoms with Gasteiger partial charge in [0.05, 0.1) is 10.0 Å². The van der Waals surface area contributed by atoms with Crippen molar-refractivity contribution in [1.82, 2.24) is 20.4 Å². The van der Waals surface area contributed by atoms with Crippen molar-refractivity contribution in [3.05, 3.63) is 28.2 Å². The molecule has 0 spiro atoms. The minimum Gasteiger partial charge on any atom is -0.339 e. The smallest absolute Gasteiger partial charge is 0.227 e. The van der Waals surface area contributed by atoms with Crippen LogP contribution in [-0.4, -0.2) is 28.2 Å². The summed E-state index contributed by atoms with van der Waals surface area (Å²) in [6.45, 7) is 2.20. The van der Waals surface area contributed by atoms with Gasteiger partial charge in [0, 0.05) is 12.6 Å². The summed E-state index contributed by atoms with van der Waals surface area (Å²) in [5.74, 6) is 1.73. The lowest BCUT2D eigenvalue weighted by atomic mass is 9.95. The maximum Gasteiger partial charge on any atom is 0.227 e. The van der Waals surface area contributed by atoms with Crippen LogP contribution in [0.25, 0.3) is 11.5 Å². The Kier molecular flexibility index (Phi) is 4.73. The molecular formula is C14H16Cl2N4O. The van der Waals surface area contributed by atoms with Gasteiger partial charge >= 0.3 is 0 Å². The molecule has 2 aromatic heterocycles. The van der Waals surface area contributed by atoms with E-state index in [1.54, 1.807) is 6.07 Å². The second-order valence-electron chi connectivity index (χ2n) is 5.25. The molecule has 2 aromatic rings. The molecule has 0 saturated carbocycles. The van der Waals surface area contributed by atoms with E-state index in [-0.39, 0.29) is 0 Å². The van der Waals surface area contributed by atoms with E-state index in [9.17, 15) is 0 Å². The highest BCUT2D eigenvalue weighted by molar-refractivity contribution is 6.35. The molecule has 5 nitrogen and oxygen atoms in total. The minimum absolute atomic E-state index is 0.411. The molecule has 1 aliphatic rings. The average Bonchev–Trinajstić information content (AvgIpc) is 2.95. The van der Waals surface area contributed by atoms with E-state index in [2.05, 4.69) is 20.4 Å². The zero-order valence-electron chi connectivity index (χ0n) is 11.5. The molecule has 7 heteroatoms. The van der Waals surface area contributed by atoms with Crippen LogP contribution in [0.15, 0.2) is 16.8 Å². The van der Waals surface area contributed by atoms with Crippen molar-refractivity contribution >= 4 is 23.2 Å². The first-order valence-corrected chi connectivity index (χ1v) is 7.82. The second kappa shape index (κ2) is 6.73. The van der Waals surface area contributed by atoms with E-state index < -0.39 is 0 Å². The van der Waals surface area contributed by atoms with Crippen LogP contribution >= 0.6 is 23.2 Å². The highest BCUT2D eigenvalue weighted by atomic mass is 35.5. The largest absolute Gasteiger partial charge is 0.339 e. The number of hydrogen-bond acceptors (Lipinski definition) is 5. The number of rotatable bonds is 4. The van der Waals surface area contributed by atoms with Crippen LogP contribution < -0.4 is 5.32 Å². The lowest BCUT2D eigenvalue weighted by molar-refractivity contribution is 0.327. The maximum absolute atomic E-state index is 6.10. The first-order valence-electron chi connectivity index (χ1n) is 7.07. The number of nitrogens with zero attached hydrogens (tertiary/aromatic N) is 3. The number of pyridine rings is 1. The summed E-state index contributed by atoms with van der Waals surface area (Å²) in [7, 11) is 0. The normalized spacial score (nSPS) is 18.9. The molecule has 0 bridgehead atoms. The fraction of sp³-hybridized carbons (Fsp3) is 0.500. The van der Waals surface area contributed by atoms with Crippen LogP contribution in [0.2, 0.25) is 10.0 Å². The lowest BCUT2D eigenvalue weighted by Crippen LogP contribution is -2.29. The molecule has 0 aliphatic carbocycles. The standard InChI is InChI=1S/C14H16Cl2N4O/c15-10-6-11(16)13(18-8-10)14-19-12(21-20-14)4-3-9-2-1-5-17-7-9/h6,8-9,17H,1-5,7H2. The third-order valence-electron chi connectivity index (χ3n) is 3.65. The van der Waals surface area contributed by atoms with Crippen LogP contribution in [0.1, 0.15) is 25.2 Å². The molecule has 112 valence electrons. The molecule has 1 aliphatic heterocycles. The van der Waals surface area contributed by atoms with Crippen LogP contribution in [0, 0.1) is 5.92 Å². The maximum atomic E-state index is 6.10. The van der Waals surface area contributed by atoms with Crippen molar-refractivity contribution in [2.75, 3.05) is 13.1 Å². The molecule has 1 saturated heterocycles. The van der Waals surface area contributed by atoms with Crippen LogP contribution in [0.3, 0.4) is 0 Å². The van der Waals surface area contributed by atoms with Gasteiger partial charge in [-0.1, -0.05) is 28.4 Å². The van der Waals surface area contributed by atoms with E-state index in [1.165, 1.54) is 19.0 Å². The second-order valence-corrected chi connectivity index (χ2v) is 6.09. The highest BCUT2D eigenvalue weighted by Gasteiger charge is 2.17. The van der Waals surface area contributed by atoms with Crippen molar-refractivity contribution < 1.29 is 4.52 Å².